The van der Waals surface area contributed by atoms with Crippen LogP contribution in [0.5, 0.6) is 0 Å². The zero-order valence-corrected chi connectivity index (χ0v) is 14.8. The molecule has 1 unspecified atom stereocenters. The zero-order valence-electron chi connectivity index (χ0n) is 14.8. The molecule has 0 aliphatic carbocycles. The molecule has 0 amide bonds. The van der Waals surface area contributed by atoms with Gasteiger partial charge >= 0.3 is 18.9 Å². The fraction of sp³-hybridized carbons (Fsp3) is 0.278. The third kappa shape index (κ3) is 4.08. The van der Waals surface area contributed by atoms with Crippen molar-refractivity contribution < 1.29 is 25.1 Å². The average molecular weight is 292 g/mol. The van der Waals surface area contributed by atoms with Crippen LogP contribution >= 0.6 is 8.58 Å². The van der Waals surface area contributed by atoms with Gasteiger partial charge in [0.25, 0.3) is 0 Å². The van der Waals surface area contributed by atoms with Gasteiger partial charge in [0, 0.05) is 5.56 Å². The number of hydrogen-bond donors (Lipinski definition) is 0. The van der Waals surface area contributed by atoms with Crippen LogP contribution in [0.25, 0.3) is 0 Å². The summed E-state index contributed by atoms with van der Waals surface area (Å²) >= 11 is 0. The number of carbonyl (C=O) groups excluding carboxylic acids is 1. The molecule has 1 atom stereocenters. The van der Waals surface area contributed by atoms with Crippen molar-refractivity contribution in [2.75, 3.05) is 0 Å². The van der Waals surface area contributed by atoms with Gasteiger partial charge in [0.2, 0.25) is 0 Å². The Hall–Kier alpha value is -0.863. The van der Waals surface area contributed by atoms with E-state index in [9.17, 15) is 4.79 Å². The van der Waals surface area contributed by atoms with Crippen molar-refractivity contribution in [2.24, 2.45) is 0 Å². The molecule has 0 bridgehead atoms. The molecular formula is C18H22LiOP. The van der Waals surface area contributed by atoms with Gasteiger partial charge in [0.15, 0.2) is 5.52 Å². The maximum absolute atomic E-state index is 12.7. The average Bonchev–Trinajstić information content (AvgIpc) is 2.33. The third-order valence-electron chi connectivity index (χ3n) is 3.62. The molecule has 1 nitrogen and oxygen atoms in total. The van der Waals surface area contributed by atoms with Gasteiger partial charge in [-0.15, -0.1) is 0 Å². The molecule has 0 fully saturated rings. The van der Waals surface area contributed by atoms with E-state index in [0.29, 0.717) is 0 Å². The molecule has 0 saturated carbocycles. The van der Waals surface area contributed by atoms with Crippen molar-refractivity contribution in [3.05, 3.63) is 63.7 Å². The molecule has 0 radical (unpaired) electrons. The van der Waals surface area contributed by atoms with Crippen LogP contribution in [0.15, 0.2) is 30.3 Å². The van der Waals surface area contributed by atoms with Crippen LogP contribution < -0.4 is 24.2 Å². The van der Waals surface area contributed by atoms with E-state index in [1.807, 2.05) is 32.0 Å². The van der Waals surface area contributed by atoms with Crippen LogP contribution in [0.2, 0.25) is 0 Å². The van der Waals surface area contributed by atoms with Gasteiger partial charge in [0.1, 0.15) is 0 Å². The molecule has 0 saturated heterocycles. The Morgan fingerprint density at radius 1 is 0.905 bits per heavy atom. The minimum Gasteiger partial charge on any atom is -1.00 e. The fourth-order valence-electron chi connectivity index (χ4n) is 2.73. The quantitative estimate of drug-likeness (QED) is 0.619. The minimum atomic E-state index is 0. The molecule has 3 heteroatoms. The summed E-state index contributed by atoms with van der Waals surface area (Å²) in [7, 11) is 0.204. The summed E-state index contributed by atoms with van der Waals surface area (Å²) in [5, 5.41) is 1.20. The number of aryl methyl sites for hydroxylation is 5. The predicted molar refractivity (Wildman–Crippen MR) is 90.0 cm³/mol. The first kappa shape index (κ1) is 18.2. The van der Waals surface area contributed by atoms with E-state index in [1.165, 1.54) is 22.0 Å². The number of benzene rings is 2. The van der Waals surface area contributed by atoms with Crippen LogP contribution in [0.4, 0.5) is 0 Å². The van der Waals surface area contributed by atoms with Crippen LogP contribution in [0.3, 0.4) is 0 Å². The molecule has 21 heavy (non-hydrogen) atoms. The monoisotopic (exact) mass is 292 g/mol. The van der Waals surface area contributed by atoms with Crippen LogP contribution in [0.1, 0.15) is 39.6 Å². The van der Waals surface area contributed by atoms with Crippen molar-refractivity contribution >= 4 is 19.4 Å². The maximum atomic E-state index is 12.7. The Morgan fingerprint density at radius 3 is 1.86 bits per heavy atom. The van der Waals surface area contributed by atoms with Gasteiger partial charge in [-0.05, 0) is 70.8 Å². The molecule has 0 spiro atoms. The number of rotatable bonds is 3. The molecule has 0 aromatic heterocycles. The van der Waals surface area contributed by atoms with Crippen molar-refractivity contribution in [1.82, 2.24) is 0 Å². The molecule has 106 valence electrons. The largest absolute Gasteiger partial charge is 1.00 e. The summed E-state index contributed by atoms with van der Waals surface area (Å²) in [5.74, 6) is 0. The van der Waals surface area contributed by atoms with Crippen LogP contribution in [-0.4, -0.2) is 5.52 Å². The van der Waals surface area contributed by atoms with Gasteiger partial charge < -0.3 is 1.43 Å². The van der Waals surface area contributed by atoms with E-state index < -0.39 is 0 Å². The van der Waals surface area contributed by atoms with E-state index in [-0.39, 0.29) is 34.4 Å². The predicted octanol–water partition coefficient (Wildman–Crippen LogP) is 1.49. The van der Waals surface area contributed by atoms with Crippen molar-refractivity contribution in [3.8, 4) is 0 Å². The van der Waals surface area contributed by atoms with Gasteiger partial charge in [-0.1, -0.05) is 35.9 Å². The maximum Gasteiger partial charge on any atom is 1.00 e. The van der Waals surface area contributed by atoms with Gasteiger partial charge in [-0.25, -0.2) is 0 Å². The third-order valence-corrected chi connectivity index (χ3v) is 5.14. The van der Waals surface area contributed by atoms with Gasteiger partial charge in [-0.2, -0.15) is 0 Å². The zero-order chi connectivity index (χ0) is 14.9. The molecule has 2 aromatic rings. The van der Waals surface area contributed by atoms with E-state index in [2.05, 4.69) is 32.9 Å². The van der Waals surface area contributed by atoms with Gasteiger partial charge in [0.05, 0.1) is 0 Å². The second-order valence-corrected chi connectivity index (χ2v) is 6.70. The first-order valence-electron chi connectivity index (χ1n) is 6.85. The van der Waals surface area contributed by atoms with E-state index >= 15 is 0 Å². The van der Waals surface area contributed by atoms with Crippen LogP contribution in [0, 0.1) is 34.6 Å². The SMILES string of the molecule is Cc1cc(C)c(PC(=O)c2c(C)cccc2C)c(C)c1.[H-].[Li+]. The fourth-order valence-corrected chi connectivity index (χ4v) is 4.01. The Bertz CT molecular complexity index is 640. The van der Waals surface area contributed by atoms with Crippen LogP contribution in [-0.2, 0) is 0 Å². The summed E-state index contributed by atoms with van der Waals surface area (Å²) < 4.78 is 0. The van der Waals surface area contributed by atoms with E-state index in [4.69, 9.17) is 0 Å². The summed E-state index contributed by atoms with van der Waals surface area (Å²) in [5.41, 5.74) is 6.99. The Morgan fingerprint density at radius 2 is 1.38 bits per heavy atom. The summed E-state index contributed by atoms with van der Waals surface area (Å²) in [4.78, 5) is 12.7. The Kier molecular flexibility index (Phi) is 6.42. The molecule has 0 aliphatic rings. The summed E-state index contributed by atoms with van der Waals surface area (Å²) in [6, 6.07) is 10.4. The summed E-state index contributed by atoms with van der Waals surface area (Å²) in [6.45, 7) is 10.3. The number of carbonyl (C=O) groups is 1. The van der Waals surface area contributed by atoms with Gasteiger partial charge in [-0.3, -0.25) is 4.79 Å². The van der Waals surface area contributed by atoms with Crippen molar-refractivity contribution in [3.63, 3.8) is 0 Å². The van der Waals surface area contributed by atoms with Crippen molar-refractivity contribution in [1.29, 1.82) is 0 Å². The molecule has 0 heterocycles. The van der Waals surface area contributed by atoms with E-state index in [1.54, 1.807) is 0 Å². The molecule has 2 aromatic carbocycles. The summed E-state index contributed by atoms with van der Waals surface area (Å²) in [6.07, 6.45) is 0. The first-order valence-corrected chi connectivity index (χ1v) is 7.85. The molecule has 2 rings (SSSR count). The normalized spacial score (nSPS) is 10.7. The molecular weight excluding hydrogens is 270 g/mol. The van der Waals surface area contributed by atoms with Crippen molar-refractivity contribution in [2.45, 2.75) is 34.6 Å². The molecule has 0 aliphatic heterocycles. The number of hydrogen-bond acceptors (Lipinski definition) is 1. The topological polar surface area (TPSA) is 17.1 Å². The first-order chi connectivity index (χ1) is 9.40. The second-order valence-electron chi connectivity index (χ2n) is 5.49. The minimum absolute atomic E-state index is 0. The second kappa shape index (κ2) is 7.42. The smallest absolute Gasteiger partial charge is 1.00 e. The van der Waals surface area contributed by atoms with E-state index in [0.717, 1.165) is 16.7 Å². The molecule has 0 N–H and O–H groups in total. The Balaban J connectivity index is 0.00000220. The Labute approximate surface area is 143 Å². The standard InChI is InChI=1S/C18H21OP.Li.H/c1-11-9-14(4)17(15(5)10-11)20-18(19)16-12(2)7-6-8-13(16)3;;/h6-10,20H,1-5H3;;/q;+1;-1.